The molecule has 24 heavy (non-hydrogen) atoms. The third kappa shape index (κ3) is 3.32. The maximum absolute atomic E-state index is 12.5. The fourth-order valence-electron chi connectivity index (χ4n) is 2.85. The van der Waals surface area contributed by atoms with Gasteiger partial charge in [-0.3, -0.25) is 0 Å². The summed E-state index contributed by atoms with van der Waals surface area (Å²) in [5.74, 6) is 0.815. The number of hydrogen-bond acceptors (Lipinski definition) is 5. The Morgan fingerprint density at radius 3 is 2.67 bits per heavy atom. The van der Waals surface area contributed by atoms with Crippen molar-refractivity contribution in [3.63, 3.8) is 0 Å². The third-order valence-corrected chi connectivity index (χ3v) is 5.85. The monoisotopic (exact) mass is 350 g/mol. The van der Waals surface area contributed by atoms with E-state index in [2.05, 4.69) is 16.0 Å². The Morgan fingerprint density at radius 1 is 1.25 bits per heavy atom. The lowest BCUT2D eigenvalue weighted by Gasteiger charge is -2.20. The average Bonchev–Trinajstić information content (AvgIpc) is 3.16. The second kappa shape index (κ2) is 6.57. The molecule has 130 valence electrons. The zero-order valence-electron chi connectivity index (χ0n) is 14.1. The second-order valence-corrected chi connectivity index (χ2v) is 7.85. The molecule has 0 bridgehead atoms. The fourth-order valence-corrected chi connectivity index (χ4v) is 4.03. The van der Waals surface area contributed by atoms with E-state index in [1.54, 1.807) is 6.07 Å². The Bertz CT molecular complexity index is 861. The molecule has 0 aliphatic heterocycles. The highest BCUT2D eigenvalue weighted by molar-refractivity contribution is 7.89. The molecular weight excluding hydrogens is 328 g/mol. The van der Waals surface area contributed by atoms with Gasteiger partial charge in [0.15, 0.2) is 5.76 Å². The summed E-state index contributed by atoms with van der Waals surface area (Å²) in [5.41, 5.74) is 2.72. The number of nitrogens with zero attached hydrogens (tertiary/aromatic N) is 1. The van der Waals surface area contributed by atoms with Gasteiger partial charge in [0.2, 0.25) is 10.9 Å². The van der Waals surface area contributed by atoms with E-state index >= 15 is 0 Å². The van der Waals surface area contributed by atoms with E-state index in [-0.39, 0.29) is 11.1 Å². The zero-order chi connectivity index (χ0) is 17.3. The van der Waals surface area contributed by atoms with Gasteiger partial charge < -0.3 is 8.94 Å². The maximum atomic E-state index is 12.5. The van der Waals surface area contributed by atoms with Gasteiger partial charge in [-0.05, 0) is 58.6 Å². The molecule has 0 fully saturated rings. The first-order chi connectivity index (χ1) is 11.4. The summed E-state index contributed by atoms with van der Waals surface area (Å²) in [5, 5.41) is 3.75. The van der Waals surface area contributed by atoms with Gasteiger partial charge in [-0.1, -0.05) is 16.8 Å². The van der Waals surface area contributed by atoms with Crippen molar-refractivity contribution >= 4 is 10.0 Å². The maximum Gasteiger partial charge on any atom is 0.274 e. The molecule has 1 aliphatic carbocycles. The minimum absolute atomic E-state index is 0.116. The fraction of sp³-hybridized carbons (Fsp3) is 0.471. The molecule has 0 amide bonds. The lowest BCUT2D eigenvalue weighted by atomic mass is 9.95. The summed E-state index contributed by atoms with van der Waals surface area (Å²) in [6.45, 7) is 5.54. The molecule has 1 N–H and O–H groups in total. The van der Waals surface area contributed by atoms with Crippen LogP contribution in [0.4, 0.5) is 0 Å². The molecular formula is C17H22N2O4S. The van der Waals surface area contributed by atoms with Gasteiger partial charge >= 0.3 is 0 Å². The van der Waals surface area contributed by atoms with Crippen molar-refractivity contribution in [2.24, 2.45) is 0 Å². The molecule has 1 atom stereocenters. The van der Waals surface area contributed by atoms with Crippen LogP contribution in [0.25, 0.3) is 11.5 Å². The lowest BCUT2D eigenvalue weighted by Crippen LogP contribution is -2.34. The minimum Gasteiger partial charge on any atom is -0.440 e. The van der Waals surface area contributed by atoms with Crippen LogP contribution in [0.1, 0.15) is 43.9 Å². The number of allylic oxidation sites excluding steroid dienone is 1. The average molecular weight is 350 g/mol. The number of nitrogens with one attached hydrogen (secondary N) is 1. The minimum atomic E-state index is -3.72. The van der Waals surface area contributed by atoms with Crippen molar-refractivity contribution in [1.82, 2.24) is 9.88 Å². The zero-order valence-corrected chi connectivity index (χ0v) is 14.9. The normalized spacial score (nSPS) is 16.9. The van der Waals surface area contributed by atoms with Gasteiger partial charge in [0.1, 0.15) is 0 Å². The molecule has 2 aromatic rings. The first kappa shape index (κ1) is 17.0. The number of rotatable bonds is 5. The Hall–Kier alpha value is -1.86. The van der Waals surface area contributed by atoms with Crippen LogP contribution in [-0.2, 0) is 10.0 Å². The predicted molar refractivity (Wildman–Crippen MR) is 90.0 cm³/mol. The first-order valence-corrected chi connectivity index (χ1v) is 9.61. The Balaban J connectivity index is 1.80. The molecule has 0 saturated heterocycles. The number of sulfonamides is 1. The van der Waals surface area contributed by atoms with Gasteiger partial charge in [-0.25, -0.2) is 13.1 Å². The number of hydrogen-bond donors (Lipinski definition) is 1. The van der Waals surface area contributed by atoms with E-state index in [1.807, 2.05) is 20.8 Å². The van der Waals surface area contributed by atoms with Crippen molar-refractivity contribution in [3.8, 4) is 11.5 Å². The molecule has 7 heteroatoms. The summed E-state index contributed by atoms with van der Waals surface area (Å²) in [7, 11) is -3.72. The first-order valence-electron chi connectivity index (χ1n) is 8.13. The Kier molecular flexibility index (Phi) is 4.64. The number of aromatic nitrogens is 1. The summed E-state index contributed by atoms with van der Waals surface area (Å²) in [4.78, 5) is 0. The number of aryl methyl sites for hydroxylation is 1. The van der Waals surface area contributed by atoms with Gasteiger partial charge in [0.25, 0.3) is 10.0 Å². The quantitative estimate of drug-likeness (QED) is 0.831. The van der Waals surface area contributed by atoms with Crippen LogP contribution < -0.4 is 4.72 Å². The van der Waals surface area contributed by atoms with Crippen LogP contribution >= 0.6 is 0 Å². The predicted octanol–water partition coefficient (Wildman–Crippen LogP) is 3.72. The molecule has 2 heterocycles. The third-order valence-electron chi connectivity index (χ3n) is 4.44. The van der Waals surface area contributed by atoms with Crippen molar-refractivity contribution in [1.29, 1.82) is 0 Å². The molecule has 0 spiro atoms. The van der Waals surface area contributed by atoms with E-state index < -0.39 is 10.0 Å². The second-order valence-electron chi connectivity index (χ2n) is 6.21. The van der Waals surface area contributed by atoms with Crippen molar-refractivity contribution in [2.45, 2.75) is 57.6 Å². The van der Waals surface area contributed by atoms with Crippen molar-refractivity contribution in [3.05, 3.63) is 35.0 Å². The Labute approximate surface area is 142 Å². The SMILES string of the molecule is Cc1noc(-c2ccc(S(=O)(=O)N[C@@H](C)C3=CCCCC3)o2)c1C. The highest BCUT2D eigenvalue weighted by atomic mass is 32.2. The summed E-state index contributed by atoms with van der Waals surface area (Å²) < 4.78 is 38.5. The molecule has 3 rings (SSSR count). The van der Waals surface area contributed by atoms with Crippen molar-refractivity contribution < 1.29 is 17.4 Å². The highest BCUT2D eigenvalue weighted by Crippen LogP contribution is 2.29. The van der Waals surface area contributed by atoms with Crippen LogP contribution in [0.3, 0.4) is 0 Å². The molecule has 0 unspecified atom stereocenters. The van der Waals surface area contributed by atoms with E-state index in [0.29, 0.717) is 11.5 Å². The van der Waals surface area contributed by atoms with Gasteiger partial charge in [-0.2, -0.15) is 0 Å². The summed E-state index contributed by atoms with van der Waals surface area (Å²) in [6.07, 6.45) is 6.35. The molecule has 1 aliphatic rings. The van der Waals surface area contributed by atoms with Crippen LogP contribution in [0, 0.1) is 13.8 Å². The van der Waals surface area contributed by atoms with Crippen LogP contribution in [0.5, 0.6) is 0 Å². The molecule has 6 nitrogen and oxygen atoms in total. The van der Waals surface area contributed by atoms with Gasteiger partial charge in [0.05, 0.1) is 5.69 Å². The van der Waals surface area contributed by atoms with Crippen LogP contribution in [-0.4, -0.2) is 19.6 Å². The Morgan fingerprint density at radius 2 is 2.04 bits per heavy atom. The standard InChI is InChI=1S/C17H22N2O4S/c1-11-12(2)18-23-17(11)15-9-10-16(22-15)24(20,21)19-13(3)14-7-5-4-6-8-14/h7,9-10,13,19H,4-6,8H2,1-3H3/t13-/m0/s1. The smallest absolute Gasteiger partial charge is 0.274 e. The van der Waals surface area contributed by atoms with Gasteiger partial charge in [-0.15, -0.1) is 0 Å². The van der Waals surface area contributed by atoms with Gasteiger partial charge in [0, 0.05) is 11.6 Å². The molecule has 0 radical (unpaired) electrons. The molecule has 0 saturated carbocycles. The molecule has 0 aromatic carbocycles. The topological polar surface area (TPSA) is 85.3 Å². The van der Waals surface area contributed by atoms with Crippen molar-refractivity contribution in [2.75, 3.05) is 0 Å². The van der Waals surface area contributed by atoms with E-state index in [4.69, 9.17) is 8.94 Å². The lowest BCUT2D eigenvalue weighted by molar-refractivity contribution is 0.396. The number of furan rings is 1. The highest BCUT2D eigenvalue weighted by Gasteiger charge is 2.25. The van der Waals surface area contributed by atoms with Crippen LogP contribution in [0.15, 0.2) is 37.8 Å². The molecule has 2 aromatic heterocycles. The summed E-state index contributed by atoms with van der Waals surface area (Å²) in [6, 6.07) is 2.79. The summed E-state index contributed by atoms with van der Waals surface area (Å²) >= 11 is 0. The van der Waals surface area contributed by atoms with E-state index in [1.165, 1.54) is 12.5 Å². The van der Waals surface area contributed by atoms with Crippen LogP contribution in [0.2, 0.25) is 0 Å². The largest absolute Gasteiger partial charge is 0.440 e. The van der Waals surface area contributed by atoms with E-state index in [9.17, 15) is 8.42 Å². The van der Waals surface area contributed by atoms with E-state index in [0.717, 1.165) is 36.1 Å².